The monoisotopic (exact) mass is 283 g/mol. The summed E-state index contributed by atoms with van der Waals surface area (Å²) in [4.78, 5) is 14.0. The van der Waals surface area contributed by atoms with Crippen LogP contribution in [-0.2, 0) is 10.1 Å². The standard InChI is InChI=1S/C13H17NO4S/c1-10-5-6-11(12(9-10)18-19(2,16)17)13(15)14-7-3-4-8-14/h5-6,9H,3-4,7-8H2,1-2H3. The molecule has 2 rings (SSSR count). The van der Waals surface area contributed by atoms with Gasteiger partial charge in [0.2, 0.25) is 0 Å². The molecule has 1 saturated heterocycles. The van der Waals surface area contributed by atoms with Crippen molar-refractivity contribution in [3.8, 4) is 5.75 Å². The lowest BCUT2D eigenvalue weighted by molar-refractivity contribution is 0.0791. The lowest BCUT2D eigenvalue weighted by Gasteiger charge is -2.17. The molecule has 0 unspecified atom stereocenters. The number of nitrogens with zero attached hydrogens (tertiary/aromatic N) is 1. The topological polar surface area (TPSA) is 63.7 Å². The lowest BCUT2D eigenvalue weighted by atomic mass is 10.1. The van der Waals surface area contributed by atoms with E-state index in [1.807, 2.05) is 6.92 Å². The van der Waals surface area contributed by atoms with Crippen LogP contribution >= 0.6 is 0 Å². The minimum absolute atomic E-state index is 0.111. The number of amides is 1. The Kier molecular flexibility index (Phi) is 3.80. The quantitative estimate of drug-likeness (QED) is 0.790. The second kappa shape index (κ2) is 5.21. The van der Waals surface area contributed by atoms with Gasteiger partial charge in [0.1, 0.15) is 0 Å². The number of aryl methyl sites for hydroxylation is 1. The van der Waals surface area contributed by atoms with Crippen LogP contribution in [0.15, 0.2) is 18.2 Å². The highest BCUT2D eigenvalue weighted by molar-refractivity contribution is 7.86. The first-order chi connectivity index (χ1) is 8.87. The van der Waals surface area contributed by atoms with E-state index in [4.69, 9.17) is 4.18 Å². The van der Waals surface area contributed by atoms with Crippen molar-refractivity contribution in [1.29, 1.82) is 0 Å². The first-order valence-corrected chi connectivity index (χ1v) is 7.98. The number of carbonyl (C=O) groups excluding carboxylic acids is 1. The van der Waals surface area contributed by atoms with Crippen LogP contribution in [0.2, 0.25) is 0 Å². The molecule has 1 aliphatic heterocycles. The first kappa shape index (κ1) is 13.9. The predicted molar refractivity (Wildman–Crippen MR) is 71.8 cm³/mol. The van der Waals surface area contributed by atoms with Gasteiger partial charge in [0, 0.05) is 13.1 Å². The van der Waals surface area contributed by atoms with Gasteiger partial charge in [0.05, 0.1) is 11.8 Å². The number of likely N-dealkylation sites (tertiary alicyclic amines) is 1. The maximum absolute atomic E-state index is 12.3. The maximum atomic E-state index is 12.3. The Morgan fingerprint density at radius 1 is 1.26 bits per heavy atom. The zero-order chi connectivity index (χ0) is 14.0. The van der Waals surface area contributed by atoms with Crippen molar-refractivity contribution in [2.24, 2.45) is 0 Å². The van der Waals surface area contributed by atoms with Gasteiger partial charge in [-0.1, -0.05) is 6.07 Å². The summed E-state index contributed by atoms with van der Waals surface area (Å²) in [6.07, 6.45) is 2.94. The van der Waals surface area contributed by atoms with E-state index in [9.17, 15) is 13.2 Å². The molecule has 0 aromatic heterocycles. The average molecular weight is 283 g/mol. The molecule has 6 heteroatoms. The summed E-state index contributed by atoms with van der Waals surface area (Å²) in [5, 5.41) is 0. The molecule has 1 aliphatic rings. The molecule has 0 bridgehead atoms. The molecule has 0 aliphatic carbocycles. The normalized spacial score (nSPS) is 15.6. The molecule has 1 amide bonds. The van der Waals surface area contributed by atoms with E-state index in [0.717, 1.165) is 24.7 Å². The Labute approximate surface area is 113 Å². The molecule has 0 atom stereocenters. The van der Waals surface area contributed by atoms with Crippen molar-refractivity contribution in [3.63, 3.8) is 0 Å². The fourth-order valence-corrected chi connectivity index (χ4v) is 2.59. The Balaban J connectivity index is 2.36. The van der Waals surface area contributed by atoms with Gasteiger partial charge in [-0.2, -0.15) is 8.42 Å². The summed E-state index contributed by atoms with van der Waals surface area (Å²) in [6.45, 7) is 3.25. The van der Waals surface area contributed by atoms with Gasteiger partial charge in [-0.05, 0) is 37.5 Å². The van der Waals surface area contributed by atoms with Gasteiger partial charge in [-0.25, -0.2) is 0 Å². The molecule has 0 radical (unpaired) electrons. The Morgan fingerprint density at radius 3 is 2.47 bits per heavy atom. The number of benzene rings is 1. The van der Waals surface area contributed by atoms with Gasteiger partial charge in [-0.15, -0.1) is 0 Å². The van der Waals surface area contributed by atoms with Crippen molar-refractivity contribution in [2.45, 2.75) is 19.8 Å². The van der Waals surface area contributed by atoms with Crippen molar-refractivity contribution in [1.82, 2.24) is 4.90 Å². The third kappa shape index (κ3) is 3.47. The molecule has 1 aromatic rings. The molecule has 1 aromatic carbocycles. The summed E-state index contributed by atoms with van der Waals surface area (Å²) in [7, 11) is -3.64. The molecule has 19 heavy (non-hydrogen) atoms. The summed E-state index contributed by atoms with van der Waals surface area (Å²) in [6, 6.07) is 4.97. The van der Waals surface area contributed by atoms with Crippen molar-refractivity contribution in [2.75, 3.05) is 19.3 Å². The first-order valence-electron chi connectivity index (χ1n) is 6.16. The van der Waals surface area contributed by atoms with Crippen molar-refractivity contribution in [3.05, 3.63) is 29.3 Å². The van der Waals surface area contributed by atoms with Gasteiger partial charge < -0.3 is 9.08 Å². The molecule has 1 fully saturated rings. The van der Waals surface area contributed by atoms with E-state index in [1.54, 1.807) is 23.1 Å². The highest BCUT2D eigenvalue weighted by atomic mass is 32.2. The van der Waals surface area contributed by atoms with Gasteiger partial charge >= 0.3 is 10.1 Å². The summed E-state index contributed by atoms with van der Waals surface area (Å²) >= 11 is 0. The highest BCUT2D eigenvalue weighted by Gasteiger charge is 2.23. The number of rotatable bonds is 3. The average Bonchev–Trinajstić information content (AvgIpc) is 2.79. The van der Waals surface area contributed by atoms with Gasteiger partial charge in [-0.3, -0.25) is 4.79 Å². The summed E-state index contributed by atoms with van der Waals surface area (Å²) in [5.74, 6) is -0.0597. The van der Waals surface area contributed by atoms with E-state index in [-0.39, 0.29) is 11.7 Å². The van der Waals surface area contributed by atoms with Crippen LogP contribution in [0.5, 0.6) is 5.75 Å². The second-order valence-corrected chi connectivity index (χ2v) is 6.36. The molecule has 0 saturated carbocycles. The molecule has 0 N–H and O–H groups in total. The van der Waals surface area contributed by atoms with Crippen LogP contribution in [0.4, 0.5) is 0 Å². The van der Waals surface area contributed by atoms with Crippen LogP contribution in [-0.4, -0.2) is 38.6 Å². The van der Waals surface area contributed by atoms with E-state index >= 15 is 0 Å². The number of hydrogen-bond donors (Lipinski definition) is 0. The largest absolute Gasteiger partial charge is 0.382 e. The third-order valence-electron chi connectivity index (χ3n) is 3.00. The van der Waals surface area contributed by atoms with Crippen LogP contribution in [0.25, 0.3) is 0 Å². The van der Waals surface area contributed by atoms with E-state index < -0.39 is 10.1 Å². The van der Waals surface area contributed by atoms with Crippen molar-refractivity contribution >= 4 is 16.0 Å². The van der Waals surface area contributed by atoms with Gasteiger partial charge in [0.15, 0.2) is 5.75 Å². The Hall–Kier alpha value is -1.56. The third-order valence-corrected chi connectivity index (χ3v) is 3.48. The zero-order valence-electron chi connectivity index (χ0n) is 11.0. The van der Waals surface area contributed by atoms with E-state index in [1.165, 1.54) is 0 Å². The summed E-state index contributed by atoms with van der Waals surface area (Å²) < 4.78 is 27.4. The fourth-order valence-electron chi connectivity index (χ4n) is 2.13. The molecule has 104 valence electrons. The van der Waals surface area contributed by atoms with Gasteiger partial charge in [0.25, 0.3) is 5.91 Å². The molecule has 1 heterocycles. The van der Waals surface area contributed by atoms with Crippen LogP contribution < -0.4 is 4.18 Å². The highest BCUT2D eigenvalue weighted by Crippen LogP contribution is 2.24. The number of hydrogen-bond acceptors (Lipinski definition) is 4. The maximum Gasteiger partial charge on any atom is 0.306 e. The second-order valence-electron chi connectivity index (χ2n) is 4.79. The minimum atomic E-state index is -3.64. The fraction of sp³-hybridized carbons (Fsp3) is 0.462. The minimum Gasteiger partial charge on any atom is -0.382 e. The van der Waals surface area contributed by atoms with Crippen LogP contribution in [0.3, 0.4) is 0 Å². The van der Waals surface area contributed by atoms with Crippen molar-refractivity contribution < 1.29 is 17.4 Å². The Bertz CT molecular complexity index is 589. The van der Waals surface area contributed by atoms with E-state index in [0.29, 0.717) is 18.7 Å². The SMILES string of the molecule is Cc1ccc(C(=O)N2CCCC2)c(OS(C)(=O)=O)c1. The predicted octanol–water partition coefficient (Wildman–Crippen LogP) is 1.57. The lowest BCUT2D eigenvalue weighted by Crippen LogP contribution is -2.28. The zero-order valence-corrected chi connectivity index (χ0v) is 11.9. The summed E-state index contributed by atoms with van der Waals surface area (Å²) in [5.41, 5.74) is 1.15. The molecule has 0 spiro atoms. The Morgan fingerprint density at radius 2 is 1.89 bits per heavy atom. The molecular formula is C13H17NO4S. The smallest absolute Gasteiger partial charge is 0.306 e. The van der Waals surface area contributed by atoms with Crippen LogP contribution in [0.1, 0.15) is 28.8 Å². The molecule has 5 nitrogen and oxygen atoms in total. The van der Waals surface area contributed by atoms with E-state index in [2.05, 4.69) is 0 Å². The number of carbonyl (C=O) groups is 1. The van der Waals surface area contributed by atoms with Crippen LogP contribution in [0, 0.1) is 6.92 Å². The molecular weight excluding hydrogens is 266 g/mol.